The Balaban J connectivity index is 1.92. The van der Waals surface area contributed by atoms with Gasteiger partial charge in [-0.1, -0.05) is 0 Å². The van der Waals surface area contributed by atoms with Crippen LogP contribution in [0.5, 0.6) is 0 Å². The Bertz CT molecular complexity index is 563. The number of nitriles is 1. The minimum absolute atomic E-state index is 0.741. The Kier molecular flexibility index (Phi) is 4.49. The fraction of sp³-hybridized carbons (Fsp3) is 0.647. The molecule has 0 aliphatic carbocycles. The first kappa shape index (κ1) is 15.1. The van der Waals surface area contributed by atoms with Gasteiger partial charge in [-0.2, -0.15) is 5.26 Å². The summed E-state index contributed by atoms with van der Waals surface area (Å²) in [5, 5.41) is 9.54. The molecule has 0 amide bonds. The minimum Gasteiger partial charge on any atom is -0.357 e. The van der Waals surface area contributed by atoms with Crippen LogP contribution in [0, 0.1) is 18.3 Å². The van der Waals surface area contributed by atoms with Gasteiger partial charge in [0.25, 0.3) is 0 Å². The molecule has 3 rings (SSSR count). The summed E-state index contributed by atoms with van der Waals surface area (Å²) in [6.07, 6.45) is 3.80. The second kappa shape index (κ2) is 6.53. The molecule has 0 unspecified atom stereocenters. The van der Waals surface area contributed by atoms with E-state index in [9.17, 15) is 5.26 Å². The molecule has 1 aromatic rings. The number of pyridine rings is 1. The van der Waals surface area contributed by atoms with E-state index in [1.54, 1.807) is 0 Å². The predicted octanol–water partition coefficient (Wildman–Crippen LogP) is 2.00. The SMILES string of the molecule is Cc1cc(N2CCCCC2)nc(N2CCN(C)CC2)c1C#N. The number of hydrogen-bond donors (Lipinski definition) is 0. The number of aromatic nitrogens is 1. The maximum atomic E-state index is 9.54. The largest absolute Gasteiger partial charge is 0.357 e. The van der Waals surface area contributed by atoms with Crippen molar-refractivity contribution >= 4 is 11.6 Å². The third-order valence-corrected chi connectivity index (χ3v) is 4.78. The Morgan fingerprint density at radius 3 is 2.32 bits per heavy atom. The highest BCUT2D eigenvalue weighted by Gasteiger charge is 2.22. The van der Waals surface area contributed by atoms with Crippen molar-refractivity contribution in [1.82, 2.24) is 9.88 Å². The topological polar surface area (TPSA) is 46.4 Å². The molecule has 0 spiro atoms. The third-order valence-electron chi connectivity index (χ3n) is 4.78. The molecule has 3 heterocycles. The number of piperazine rings is 1. The number of hydrogen-bond acceptors (Lipinski definition) is 5. The molecule has 2 saturated heterocycles. The summed E-state index contributed by atoms with van der Waals surface area (Å²) < 4.78 is 0. The number of nitrogens with zero attached hydrogens (tertiary/aromatic N) is 5. The molecule has 2 aliphatic rings. The maximum absolute atomic E-state index is 9.54. The highest BCUT2D eigenvalue weighted by Crippen LogP contribution is 2.28. The van der Waals surface area contributed by atoms with Crippen LogP contribution in [0.25, 0.3) is 0 Å². The molecule has 0 radical (unpaired) electrons. The van der Waals surface area contributed by atoms with Crippen LogP contribution in [0.3, 0.4) is 0 Å². The summed E-state index contributed by atoms with van der Waals surface area (Å²) >= 11 is 0. The lowest BCUT2D eigenvalue weighted by molar-refractivity contribution is 0.312. The van der Waals surface area contributed by atoms with Crippen molar-refractivity contribution in [3.63, 3.8) is 0 Å². The lowest BCUT2D eigenvalue weighted by Crippen LogP contribution is -2.45. The monoisotopic (exact) mass is 299 g/mol. The minimum atomic E-state index is 0.741. The van der Waals surface area contributed by atoms with Gasteiger partial charge >= 0.3 is 0 Å². The van der Waals surface area contributed by atoms with Crippen LogP contribution in [0.15, 0.2) is 6.07 Å². The van der Waals surface area contributed by atoms with Crippen LogP contribution in [-0.4, -0.2) is 56.2 Å². The number of likely N-dealkylation sites (N-methyl/N-ethyl adjacent to an activating group) is 1. The molecule has 2 aliphatic heterocycles. The van der Waals surface area contributed by atoms with E-state index in [1.165, 1.54) is 19.3 Å². The van der Waals surface area contributed by atoms with Crippen LogP contribution in [0.1, 0.15) is 30.4 Å². The molecule has 5 nitrogen and oxygen atoms in total. The highest BCUT2D eigenvalue weighted by molar-refractivity contribution is 5.63. The van der Waals surface area contributed by atoms with Crippen LogP contribution in [-0.2, 0) is 0 Å². The Morgan fingerprint density at radius 2 is 1.68 bits per heavy atom. The summed E-state index contributed by atoms with van der Waals surface area (Å²) in [5.74, 6) is 1.93. The zero-order valence-electron chi connectivity index (χ0n) is 13.7. The Labute approximate surface area is 133 Å². The van der Waals surface area contributed by atoms with E-state index in [0.29, 0.717) is 0 Å². The number of rotatable bonds is 2. The highest BCUT2D eigenvalue weighted by atomic mass is 15.3. The van der Waals surface area contributed by atoms with Crippen molar-refractivity contribution in [2.24, 2.45) is 0 Å². The lowest BCUT2D eigenvalue weighted by Gasteiger charge is -2.35. The molecule has 0 atom stereocenters. The van der Waals surface area contributed by atoms with Gasteiger partial charge in [0, 0.05) is 39.3 Å². The number of piperidine rings is 1. The zero-order valence-corrected chi connectivity index (χ0v) is 13.7. The van der Waals surface area contributed by atoms with Gasteiger partial charge in [0.05, 0.1) is 5.56 Å². The van der Waals surface area contributed by atoms with Gasteiger partial charge in [-0.15, -0.1) is 0 Å². The second-order valence-corrected chi connectivity index (χ2v) is 6.45. The predicted molar refractivity (Wildman–Crippen MR) is 89.5 cm³/mol. The average molecular weight is 299 g/mol. The van der Waals surface area contributed by atoms with Crippen LogP contribution >= 0.6 is 0 Å². The van der Waals surface area contributed by atoms with E-state index in [0.717, 1.165) is 62.0 Å². The molecule has 0 aromatic carbocycles. The molecule has 118 valence electrons. The smallest absolute Gasteiger partial charge is 0.149 e. The van der Waals surface area contributed by atoms with Gasteiger partial charge in [0.1, 0.15) is 17.7 Å². The van der Waals surface area contributed by atoms with Crippen LogP contribution in [0.4, 0.5) is 11.6 Å². The molecule has 22 heavy (non-hydrogen) atoms. The maximum Gasteiger partial charge on any atom is 0.149 e. The van der Waals surface area contributed by atoms with Gasteiger partial charge in [0.15, 0.2) is 0 Å². The van der Waals surface area contributed by atoms with Gasteiger partial charge in [-0.25, -0.2) is 4.98 Å². The standard InChI is InChI=1S/C17H25N5/c1-14-12-16(21-6-4-3-5-7-21)19-17(15(14)13-18)22-10-8-20(2)9-11-22/h12H,3-11H2,1-2H3. The van der Waals surface area contributed by atoms with E-state index in [-0.39, 0.29) is 0 Å². The van der Waals surface area contributed by atoms with Crippen LogP contribution < -0.4 is 9.80 Å². The fourth-order valence-electron chi connectivity index (χ4n) is 3.31. The molecular weight excluding hydrogens is 274 g/mol. The molecule has 0 N–H and O–H groups in total. The summed E-state index contributed by atoms with van der Waals surface area (Å²) in [4.78, 5) is 11.9. The van der Waals surface area contributed by atoms with Crippen molar-refractivity contribution in [3.05, 3.63) is 17.2 Å². The normalized spacial score (nSPS) is 20.0. The molecular formula is C17H25N5. The van der Waals surface area contributed by atoms with E-state index in [2.05, 4.69) is 33.9 Å². The summed E-state index contributed by atoms with van der Waals surface area (Å²) in [6, 6.07) is 4.45. The fourth-order valence-corrected chi connectivity index (χ4v) is 3.31. The first-order chi connectivity index (χ1) is 10.7. The Hall–Kier alpha value is -1.80. The average Bonchev–Trinajstić information content (AvgIpc) is 2.55. The zero-order chi connectivity index (χ0) is 15.5. The molecule has 2 fully saturated rings. The molecule has 1 aromatic heterocycles. The summed E-state index contributed by atoms with van der Waals surface area (Å²) in [5.41, 5.74) is 1.79. The first-order valence-corrected chi connectivity index (χ1v) is 8.29. The van der Waals surface area contributed by atoms with Gasteiger partial charge in [-0.3, -0.25) is 0 Å². The van der Waals surface area contributed by atoms with Crippen LogP contribution in [0.2, 0.25) is 0 Å². The van der Waals surface area contributed by atoms with Crippen molar-refractivity contribution in [3.8, 4) is 6.07 Å². The molecule has 5 heteroatoms. The van der Waals surface area contributed by atoms with Crippen molar-refractivity contribution in [2.45, 2.75) is 26.2 Å². The third kappa shape index (κ3) is 3.02. The van der Waals surface area contributed by atoms with Gasteiger partial charge in [0.2, 0.25) is 0 Å². The lowest BCUT2D eigenvalue weighted by atomic mass is 10.1. The van der Waals surface area contributed by atoms with E-state index in [4.69, 9.17) is 4.98 Å². The summed E-state index contributed by atoms with van der Waals surface area (Å²) in [6.45, 7) is 8.15. The summed E-state index contributed by atoms with van der Waals surface area (Å²) in [7, 11) is 2.14. The second-order valence-electron chi connectivity index (χ2n) is 6.45. The van der Waals surface area contributed by atoms with E-state index in [1.807, 2.05) is 6.92 Å². The number of anilines is 2. The van der Waals surface area contributed by atoms with Crippen molar-refractivity contribution in [1.29, 1.82) is 5.26 Å². The van der Waals surface area contributed by atoms with Gasteiger partial charge in [-0.05, 0) is 44.9 Å². The Morgan fingerprint density at radius 1 is 1.00 bits per heavy atom. The molecule has 0 bridgehead atoms. The van der Waals surface area contributed by atoms with Crippen molar-refractivity contribution in [2.75, 3.05) is 56.1 Å². The van der Waals surface area contributed by atoms with E-state index >= 15 is 0 Å². The number of aryl methyl sites for hydroxylation is 1. The van der Waals surface area contributed by atoms with E-state index < -0.39 is 0 Å². The van der Waals surface area contributed by atoms with Crippen molar-refractivity contribution < 1.29 is 0 Å². The first-order valence-electron chi connectivity index (χ1n) is 8.29. The molecule has 0 saturated carbocycles. The quantitative estimate of drug-likeness (QED) is 0.836. The van der Waals surface area contributed by atoms with Gasteiger partial charge < -0.3 is 14.7 Å².